The van der Waals surface area contributed by atoms with Crippen molar-refractivity contribution in [3.63, 3.8) is 0 Å². The number of benzene rings is 1. The van der Waals surface area contributed by atoms with Crippen molar-refractivity contribution in [3.8, 4) is 11.4 Å². The van der Waals surface area contributed by atoms with Gasteiger partial charge in [-0.3, -0.25) is 10.1 Å². The Morgan fingerprint density at radius 2 is 2.00 bits per heavy atom. The van der Waals surface area contributed by atoms with Crippen LogP contribution >= 0.6 is 15.9 Å². The number of nitrogen functional groups attached to an aromatic ring is 1. The first-order valence-electron chi connectivity index (χ1n) is 5.04. The van der Waals surface area contributed by atoms with Crippen molar-refractivity contribution in [2.24, 2.45) is 0 Å². The van der Waals surface area contributed by atoms with Gasteiger partial charge in [-0.15, -0.1) is 0 Å². The Morgan fingerprint density at radius 1 is 1.33 bits per heavy atom. The third kappa shape index (κ3) is 2.17. The number of nitrogens with zero attached hydrogens (tertiary/aromatic N) is 3. The highest BCUT2D eigenvalue weighted by atomic mass is 79.9. The lowest BCUT2D eigenvalue weighted by atomic mass is 10.1. The summed E-state index contributed by atoms with van der Waals surface area (Å²) >= 11 is 3.25. The zero-order valence-electron chi connectivity index (χ0n) is 9.42. The Hall–Kier alpha value is -2.02. The quantitative estimate of drug-likeness (QED) is 0.680. The molecular weight excluding hydrogens is 300 g/mol. The van der Waals surface area contributed by atoms with E-state index in [1.54, 1.807) is 25.1 Å². The standard InChI is InChI=1S/C11H9BrN4O2/c1-6-9(12)10(13)15-11(14-6)7-4-2-3-5-8(7)16(17)18/h2-5H,1H3,(H2,13,14,15). The van der Waals surface area contributed by atoms with Crippen LogP contribution in [0.15, 0.2) is 28.7 Å². The predicted molar refractivity (Wildman–Crippen MR) is 71.0 cm³/mol. The molecule has 1 aromatic heterocycles. The summed E-state index contributed by atoms with van der Waals surface area (Å²) in [7, 11) is 0. The molecule has 0 fully saturated rings. The number of rotatable bonds is 2. The summed E-state index contributed by atoms with van der Waals surface area (Å²) in [5, 5.41) is 10.9. The summed E-state index contributed by atoms with van der Waals surface area (Å²) in [5.41, 5.74) is 6.66. The Labute approximate surface area is 111 Å². The molecule has 1 aromatic carbocycles. The normalized spacial score (nSPS) is 10.3. The molecule has 2 rings (SSSR count). The number of para-hydroxylation sites is 1. The Balaban J connectivity index is 2.66. The summed E-state index contributed by atoms with van der Waals surface area (Å²) in [6.07, 6.45) is 0. The first-order chi connectivity index (χ1) is 8.50. The Bertz CT molecular complexity index is 607. The fourth-order valence-electron chi connectivity index (χ4n) is 1.52. The van der Waals surface area contributed by atoms with Gasteiger partial charge in [0.1, 0.15) is 5.82 Å². The van der Waals surface area contributed by atoms with Crippen molar-refractivity contribution in [2.45, 2.75) is 6.92 Å². The van der Waals surface area contributed by atoms with Crippen molar-refractivity contribution in [1.82, 2.24) is 9.97 Å². The van der Waals surface area contributed by atoms with E-state index in [4.69, 9.17) is 5.73 Å². The molecule has 0 atom stereocenters. The fourth-order valence-corrected chi connectivity index (χ4v) is 1.70. The molecule has 0 spiro atoms. The highest BCUT2D eigenvalue weighted by molar-refractivity contribution is 9.10. The van der Waals surface area contributed by atoms with E-state index in [-0.39, 0.29) is 17.3 Å². The van der Waals surface area contributed by atoms with E-state index in [2.05, 4.69) is 25.9 Å². The highest BCUT2D eigenvalue weighted by Crippen LogP contribution is 2.30. The van der Waals surface area contributed by atoms with Crippen LogP contribution in [-0.2, 0) is 0 Å². The van der Waals surface area contributed by atoms with Gasteiger partial charge < -0.3 is 5.73 Å². The third-order valence-corrected chi connectivity index (χ3v) is 3.36. The average Bonchev–Trinajstić information content (AvgIpc) is 2.35. The summed E-state index contributed by atoms with van der Waals surface area (Å²) in [4.78, 5) is 18.7. The average molecular weight is 309 g/mol. The number of hydrogen-bond donors (Lipinski definition) is 1. The lowest BCUT2D eigenvalue weighted by Crippen LogP contribution is -2.01. The predicted octanol–water partition coefficient (Wildman–Crippen LogP) is 2.70. The molecule has 0 unspecified atom stereocenters. The highest BCUT2D eigenvalue weighted by Gasteiger charge is 2.18. The maximum Gasteiger partial charge on any atom is 0.280 e. The van der Waals surface area contributed by atoms with Crippen molar-refractivity contribution < 1.29 is 4.92 Å². The fraction of sp³-hybridized carbons (Fsp3) is 0.0909. The number of nitro benzene ring substituents is 1. The van der Waals surface area contributed by atoms with E-state index in [0.717, 1.165) is 0 Å². The lowest BCUT2D eigenvalue weighted by molar-refractivity contribution is -0.384. The second-order valence-electron chi connectivity index (χ2n) is 3.61. The van der Waals surface area contributed by atoms with Gasteiger partial charge >= 0.3 is 0 Å². The topological polar surface area (TPSA) is 94.9 Å². The minimum absolute atomic E-state index is 0.0429. The van der Waals surface area contributed by atoms with Gasteiger partial charge in [-0.25, -0.2) is 9.97 Å². The molecule has 0 bridgehead atoms. The minimum Gasteiger partial charge on any atom is -0.383 e. The van der Waals surface area contributed by atoms with Gasteiger partial charge in [0.2, 0.25) is 0 Å². The smallest absolute Gasteiger partial charge is 0.280 e. The van der Waals surface area contributed by atoms with Crippen LogP contribution < -0.4 is 5.73 Å². The van der Waals surface area contributed by atoms with E-state index in [1.807, 2.05) is 0 Å². The maximum atomic E-state index is 10.9. The molecule has 92 valence electrons. The Morgan fingerprint density at radius 3 is 2.61 bits per heavy atom. The Kier molecular flexibility index (Phi) is 3.24. The second-order valence-corrected chi connectivity index (χ2v) is 4.40. The maximum absolute atomic E-state index is 10.9. The van der Waals surface area contributed by atoms with Crippen LogP contribution in [0.4, 0.5) is 11.5 Å². The van der Waals surface area contributed by atoms with Crippen LogP contribution in [-0.4, -0.2) is 14.9 Å². The van der Waals surface area contributed by atoms with Crippen LogP contribution in [0.1, 0.15) is 5.69 Å². The van der Waals surface area contributed by atoms with E-state index >= 15 is 0 Å². The molecule has 2 aromatic rings. The summed E-state index contributed by atoms with van der Waals surface area (Å²) in [6, 6.07) is 6.29. The van der Waals surface area contributed by atoms with Gasteiger partial charge in [0, 0.05) is 6.07 Å². The molecule has 1 heterocycles. The van der Waals surface area contributed by atoms with Gasteiger partial charge in [0.15, 0.2) is 5.82 Å². The van der Waals surface area contributed by atoms with Gasteiger partial charge in [-0.1, -0.05) is 12.1 Å². The number of nitro groups is 1. The van der Waals surface area contributed by atoms with Crippen LogP contribution in [0.2, 0.25) is 0 Å². The summed E-state index contributed by atoms with van der Waals surface area (Å²) in [5.74, 6) is 0.510. The molecule has 0 aliphatic carbocycles. The number of halogens is 1. The van der Waals surface area contributed by atoms with Gasteiger partial charge in [0.05, 0.1) is 20.7 Å². The molecule has 18 heavy (non-hydrogen) atoms. The van der Waals surface area contributed by atoms with E-state index < -0.39 is 4.92 Å². The van der Waals surface area contributed by atoms with Crippen molar-refractivity contribution in [1.29, 1.82) is 0 Å². The van der Waals surface area contributed by atoms with Crippen LogP contribution in [0.3, 0.4) is 0 Å². The molecule has 0 amide bonds. The number of aryl methyl sites for hydroxylation is 1. The molecule has 0 radical (unpaired) electrons. The SMILES string of the molecule is Cc1nc(-c2ccccc2[N+](=O)[O-])nc(N)c1Br. The van der Waals surface area contributed by atoms with E-state index in [9.17, 15) is 10.1 Å². The second kappa shape index (κ2) is 4.69. The monoisotopic (exact) mass is 308 g/mol. The minimum atomic E-state index is -0.466. The zero-order valence-corrected chi connectivity index (χ0v) is 11.0. The first-order valence-corrected chi connectivity index (χ1v) is 5.83. The lowest BCUT2D eigenvalue weighted by Gasteiger charge is -2.06. The number of hydrogen-bond acceptors (Lipinski definition) is 5. The van der Waals surface area contributed by atoms with Crippen LogP contribution in [0.25, 0.3) is 11.4 Å². The van der Waals surface area contributed by atoms with Gasteiger partial charge in [0.25, 0.3) is 5.69 Å². The largest absolute Gasteiger partial charge is 0.383 e. The number of aromatic nitrogens is 2. The van der Waals surface area contributed by atoms with Gasteiger partial charge in [-0.05, 0) is 28.9 Å². The van der Waals surface area contributed by atoms with Crippen LogP contribution in [0, 0.1) is 17.0 Å². The summed E-state index contributed by atoms with van der Waals surface area (Å²) in [6.45, 7) is 1.75. The first kappa shape index (κ1) is 12.4. The molecule has 0 saturated carbocycles. The van der Waals surface area contributed by atoms with E-state index in [0.29, 0.717) is 15.7 Å². The number of nitrogens with two attached hydrogens (primary N) is 1. The van der Waals surface area contributed by atoms with Crippen molar-refractivity contribution in [3.05, 3.63) is 44.5 Å². The molecular formula is C11H9BrN4O2. The van der Waals surface area contributed by atoms with E-state index in [1.165, 1.54) is 6.07 Å². The molecule has 0 aliphatic heterocycles. The third-order valence-electron chi connectivity index (χ3n) is 2.38. The van der Waals surface area contributed by atoms with Crippen LogP contribution in [0.5, 0.6) is 0 Å². The van der Waals surface area contributed by atoms with Crippen molar-refractivity contribution >= 4 is 27.4 Å². The molecule has 6 nitrogen and oxygen atoms in total. The zero-order chi connectivity index (χ0) is 13.3. The molecule has 0 saturated heterocycles. The molecule has 2 N–H and O–H groups in total. The van der Waals surface area contributed by atoms with Gasteiger partial charge in [-0.2, -0.15) is 0 Å². The number of anilines is 1. The van der Waals surface area contributed by atoms with Crippen molar-refractivity contribution in [2.75, 3.05) is 5.73 Å². The molecule has 0 aliphatic rings. The molecule has 7 heteroatoms. The summed E-state index contributed by atoms with van der Waals surface area (Å²) < 4.78 is 0.602.